The van der Waals surface area contributed by atoms with Gasteiger partial charge in [-0.3, -0.25) is 4.79 Å². The van der Waals surface area contributed by atoms with Crippen LogP contribution in [0.5, 0.6) is 0 Å². The van der Waals surface area contributed by atoms with Crippen molar-refractivity contribution in [2.45, 2.75) is 19.9 Å². The Kier molecular flexibility index (Phi) is 4.05. The minimum atomic E-state index is 0.224. The summed E-state index contributed by atoms with van der Waals surface area (Å²) < 4.78 is 4.75. The molecule has 0 spiro atoms. The summed E-state index contributed by atoms with van der Waals surface area (Å²) in [6, 6.07) is 0.224. The van der Waals surface area contributed by atoms with E-state index in [1.54, 1.807) is 12.0 Å². The molecule has 0 radical (unpaired) electrons. The Morgan fingerprint density at radius 2 is 2.22 bits per heavy atom. The third-order valence-electron chi connectivity index (χ3n) is 1.08. The smallest absolute Gasteiger partial charge is 0.211 e. The van der Waals surface area contributed by atoms with E-state index in [-0.39, 0.29) is 6.04 Å². The van der Waals surface area contributed by atoms with Gasteiger partial charge < -0.3 is 9.64 Å². The number of hydrogen-bond acceptors (Lipinski definition) is 2. The van der Waals surface area contributed by atoms with Crippen molar-refractivity contribution in [1.29, 1.82) is 0 Å². The number of carbonyl (C=O) groups excluding carboxylic acids is 1. The van der Waals surface area contributed by atoms with Crippen molar-refractivity contribution in [3.8, 4) is 0 Å². The van der Waals surface area contributed by atoms with Gasteiger partial charge in [-0.15, -0.1) is 0 Å². The first-order valence-electron chi connectivity index (χ1n) is 2.92. The topological polar surface area (TPSA) is 29.5 Å². The first-order chi connectivity index (χ1) is 4.22. The molecular weight excluding hydrogens is 118 g/mol. The average molecular weight is 131 g/mol. The molecule has 3 nitrogen and oxygen atoms in total. The molecule has 0 aliphatic heterocycles. The van der Waals surface area contributed by atoms with E-state index in [1.165, 1.54) is 0 Å². The molecule has 1 amide bonds. The van der Waals surface area contributed by atoms with Gasteiger partial charge in [-0.05, 0) is 13.8 Å². The third-order valence-corrected chi connectivity index (χ3v) is 1.08. The van der Waals surface area contributed by atoms with E-state index >= 15 is 0 Å². The van der Waals surface area contributed by atoms with Gasteiger partial charge in [-0.25, -0.2) is 0 Å². The van der Waals surface area contributed by atoms with Gasteiger partial charge in [0, 0.05) is 13.2 Å². The molecular formula is C6H13NO2. The molecule has 0 heterocycles. The standard InChI is InChI=1S/C6H13NO2/c1-6(2)7(4-8)5-9-3/h4,6H,5H2,1-3H3. The van der Waals surface area contributed by atoms with E-state index in [0.717, 1.165) is 6.41 Å². The van der Waals surface area contributed by atoms with Crippen LogP contribution in [0.25, 0.3) is 0 Å². The van der Waals surface area contributed by atoms with Crippen molar-refractivity contribution >= 4 is 6.41 Å². The van der Waals surface area contributed by atoms with E-state index in [2.05, 4.69) is 0 Å². The maximum Gasteiger partial charge on any atom is 0.211 e. The lowest BCUT2D eigenvalue weighted by Crippen LogP contribution is -2.30. The third kappa shape index (κ3) is 3.08. The molecule has 0 unspecified atom stereocenters. The summed E-state index contributed by atoms with van der Waals surface area (Å²) in [7, 11) is 1.57. The van der Waals surface area contributed by atoms with Gasteiger partial charge in [-0.1, -0.05) is 0 Å². The molecule has 0 aromatic carbocycles. The second-order valence-electron chi connectivity index (χ2n) is 2.13. The van der Waals surface area contributed by atoms with Crippen molar-refractivity contribution in [3.05, 3.63) is 0 Å². The van der Waals surface area contributed by atoms with Crippen LogP contribution in [0, 0.1) is 0 Å². The number of ether oxygens (including phenoxy) is 1. The minimum Gasteiger partial charge on any atom is -0.364 e. The Labute approximate surface area is 55.6 Å². The Hall–Kier alpha value is -0.570. The Morgan fingerprint density at radius 3 is 2.33 bits per heavy atom. The summed E-state index contributed by atoms with van der Waals surface area (Å²) in [5.41, 5.74) is 0. The van der Waals surface area contributed by atoms with Crippen molar-refractivity contribution < 1.29 is 9.53 Å². The summed E-state index contributed by atoms with van der Waals surface area (Å²) in [4.78, 5) is 11.8. The van der Waals surface area contributed by atoms with Crippen molar-refractivity contribution in [2.75, 3.05) is 13.8 Å². The van der Waals surface area contributed by atoms with Crippen LogP contribution in [0.15, 0.2) is 0 Å². The second-order valence-corrected chi connectivity index (χ2v) is 2.13. The molecule has 9 heavy (non-hydrogen) atoms. The van der Waals surface area contributed by atoms with Crippen LogP contribution in [0.1, 0.15) is 13.8 Å². The first kappa shape index (κ1) is 8.43. The van der Waals surface area contributed by atoms with Crippen LogP contribution in [-0.2, 0) is 9.53 Å². The van der Waals surface area contributed by atoms with E-state index in [0.29, 0.717) is 6.73 Å². The lowest BCUT2D eigenvalue weighted by atomic mass is 10.4. The Morgan fingerprint density at radius 1 is 1.67 bits per heavy atom. The highest BCUT2D eigenvalue weighted by molar-refractivity contribution is 5.47. The van der Waals surface area contributed by atoms with Gasteiger partial charge in [0.2, 0.25) is 6.41 Å². The van der Waals surface area contributed by atoms with Gasteiger partial charge in [0.15, 0.2) is 0 Å². The predicted octanol–water partition coefficient (Wildman–Crippen LogP) is 0.457. The van der Waals surface area contributed by atoms with Crippen LogP contribution in [0.2, 0.25) is 0 Å². The number of hydrogen-bond donors (Lipinski definition) is 0. The van der Waals surface area contributed by atoms with Gasteiger partial charge in [-0.2, -0.15) is 0 Å². The number of methoxy groups -OCH3 is 1. The number of rotatable bonds is 4. The zero-order valence-corrected chi connectivity index (χ0v) is 6.13. The maximum absolute atomic E-state index is 10.2. The number of amides is 1. The summed E-state index contributed by atoms with van der Waals surface area (Å²) in [5, 5.41) is 0. The molecule has 0 aliphatic rings. The van der Waals surface area contributed by atoms with E-state index in [9.17, 15) is 4.79 Å². The summed E-state index contributed by atoms with van der Waals surface area (Å²) in [5.74, 6) is 0. The second kappa shape index (κ2) is 4.32. The van der Waals surface area contributed by atoms with E-state index in [4.69, 9.17) is 4.74 Å². The van der Waals surface area contributed by atoms with Crippen molar-refractivity contribution in [1.82, 2.24) is 4.90 Å². The summed E-state index contributed by atoms with van der Waals surface area (Å²) >= 11 is 0. The summed E-state index contributed by atoms with van der Waals surface area (Å²) in [6.45, 7) is 4.25. The fourth-order valence-electron chi connectivity index (χ4n) is 0.450. The highest BCUT2D eigenvalue weighted by Crippen LogP contribution is 1.91. The van der Waals surface area contributed by atoms with Gasteiger partial charge in [0.1, 0.15) is 6.73 Å². The fourth-order valence-corrected chi connectivity index (χ4v) is 0.450. The molecule has 0 fully saturated rings. The largest absolute Gasteiger partial charge is 0.364 e. The Bertz CT molecular complexity index is 83.1. The highest BCUT2D eigenvalue weighted by Gasteiger charge is 2.02. The molecule has 3 heteroatoms. The van der Waals surface area contributed by atoms with Crippen LogP contribution < -0.4 is 0 Å². The molecule has 0 saturated heterocycles. The summed E-state index contributed by atoms with van der Waals surface area (Å²) in [6.07, 6.45) is 0.786. The highest BCUT2D eigenvalue weighted by atomic mass is 16.5. The van der Waals surface area contributed by atoms with Gasteiger partial charge in [0.25, 0.3) is 0 Å². The first-order valence-corrected chi connectivity index (χ1v) is 2.92. The van der Waals surface area contributed by atoms with Crippen LogP contribution in [-0.4, -0.2) is 31.2 Å². The molecule has 0 aromatic rings. The SMILES string of the molecule is COCN(C=O)C(C)C. The van der Waals surface area contributed by atoms with Crippen molar-refractivity contribution in [2.24, 2.45) is 0 Å². The molecule has 0 rings (SSSR count). The zero-order chi connectivity index (χ0) is 7.28. The minimum absolute atomic E-state index is 0.224. The number of carbonyl (C=O) groups is 1. The lowest BCUT2D eigenvalue weighted by Gasteiger charge is -2.19. The molecule has 0 bridgehead atoms. The molecule has 0 saturated carbocycles. The Balaban J connectivity index is 3.54. The molecule has 0 aliphatic carbocycles. The fraction of sp³-hybridized carbons (Fsp3) is 0.833. The monoisotopic (exact) mass is 131 g/mol. The lowest BCUT2D eigenvalue weighted by molar-refractivity contribution is -0.124. The van der Waals surface area contributed by atoms with Crippen molar-refractivity contribution in [3.63, 3.8) is 0 Å². The van der Waals surface area contributed by atoms with Crippen LogP contribution in [0.4, 0.5) is 0 Å². The molecule has 0 aromatic heterocycles. The van der Waals surface area contributed by atoms with Crippen LogP contribution in [0.3, 0.4) is 0 Å². The average Bonchev–Trinajstić information content (AvgIpc) is 1.82. The molecule has 54 valence electrons. The number of nitrogens with zero attached hydrogens (tertiary/aromatic N) is 1. The van der Waals surface area contributed by atoms with E-state index in [1.807, 2.05) is 13.8 Å². The maximum atomic E-state index is 10.2. The van der Waals surface area contributed by atoms with Crippen LogP contribution >= 0.6 is 0 Å². The van der Waals surface area contributed by atoms with E-state index < -0.39 is 0 Å². The quantitative estimate of drug-likeness (QED) is 0.409. The molecule has 0 atom stereocenters. The van der Waals surface area contributed by atoms with Gasteiger partial charge in [0.05, 0.1) is 0 Å². The molecule has 0 N–H and O–H groups in total. The normalized spacial score (nSPS) is 9.78. The predicted molar refractivity (Wildman–Crippen MR) is 34.9 cm³/mol. The van der Waals surface area contributed by atoms with Gasteiger partial charge >= 0.3 is 0 Å². The zero-order valence-electron chi connectivity index (χ0n) is 6.13.